The van der Waals surface area contributed by atoms with Crippen molar-refractivity contribution in [1.82, 2.24) is 14.9 Å². The van der Waals surface area contributed by atoms with E-state index in [1.54, 1.807) is 36.5 Å². The summed E-state index contributed by atoms with van der Waals surface area (Å²) >= 11 is 0. The van der Waals surface area contributed by atoms with E-state index in [2.05, 4.69) is 9.97 Å². The second-order valence-corrected chi connectivity index (χ2v) is 8.56. The number of aromatic nitrogens is 2. The summed E-state index contributed by atoms with van der Waals surface area (Å²) in [6.45, 7) is 4.37. The highest BCUT2D eigenvalue weighted by Gasteiger charge is 2.38. The molecule has 34 heavy (non-hydrogen) atoms. The number of fused-ring (bicyclic) bond motifs is 2. The van der Waals surface area contributed by atoms with Crippen LogP contribution in [0.4, 0.5) is 9.18 Å². The number of halogens is 1. The minimum absolute atomic E-state index is 0.0912. The van der Waals surface area contributed by atoms with E-state index in [0.717, 1.165) is 5.69 Å². The highest BCUT2D eigenvalue weighted by atomic mass is 19.1. The zero-order valence-electron chi connectivity index (χ0n) is 19.0. The van der Waals surface area contributed by atoms with Crippen LogP contribution in [0.15, 0.2) is 42.6 Å². The van der Waals surface area contributed by atoms with Gasteiger partial charge in [0.2, 0.25) is 0 Å². The van der Waals surface area contributed by atoms with Crippen molar-refractivity contribution in [2.75, 3.05) is 26.8 Å². The van der Waals surface area contributed by atoms with Crippen LogP contribution in [0.25, 0.3) is 21.8 Å². The van der Waals surface area contributed by atoms with E-state index in [9.17, 15) is 9.90 Å². The first-order chi connectivity index (χ1) is 16.3. The van der Waals surface area contributed by atoms with Crippen LogP contribution in [0.1, 0.15) is 18.2 Å². The third-order valence-corrected chi connectivity index (χ3v) is 6.19. The molecule has 0 radical (unpaired) electrons. The van der Waals surface area contributed by atoms with Crippen molar-refractivity contribution in [2.24, 2.45) is 0 Å². The number of pyridine rings is 1. The number of benzene rings is 2. The van der Waals surface area contributed by atoms with Crippen LogP contribution in [0.2, 0.25) is 0 Å². The predicted octanol–water partition coefficient (Wildman–Crippen LogP) is 5.19. The second kappa shape index (κ2) is 8.18. The number of amides is 1. The number of aromatic amines is 1. The minimum Gasteiger partial charge on any atom is -0.496 e. The van der Waals surface area contributed by atoms with Gasteiger partial charge in [0.25, 0.3) is 0 Å². The smallest absolute Gasteiger partial charge is 0.407 e. The van der Waals surface area contributed by atoms with Gasteiger partial charge in [-0.25, -0.2) is 9.18 Å². The Morgan fingerprint density at radius 2 is 2.03 bits per heavy atom. The van der Waals surface area contributed by atoms with Gasteiger partial charge in [-0.05, 0) is 44.2 Å². The Bertz CT molecular complexity index is 1420. The Kier molecular flexibility index (Phi) is 5.28. The Balaban J connectivity index is 1.61. The van der Waals surface area contributed by atoms with E-state index in [1.807, 2.05) is 19.9 Å². The van der Waals surface area contributed by atoms with Gasteiger partial charge >= 0.3 is 6.09 Å². The number of H-pyrrole nitrogens is 1. The van der Waals surface area contributed by atoms with E-state index < -0.39 is 17.5 Å². The molecule has 1 amide bonds. The number of nitrogens with zero attached hydrogens (tertiary/aromatic N) is 2. The van der Waals surface area contributed by atoms with E-state index in [-0.39, 0.29) is 25.4 Å². The van der Waals surface area contributed by atoms with Gasteiger partial charge in [0.15, 0.2) is 11.6 Å². The first-order valence-corrected chi connectivity index (χ1v) is 10.8. The van der Waals surface area contributed by atoms with Crippen molar-refractivity contribution >= 4 is 27.9 Å². The summed E-state index contributed by atoms with van der Waals surface area (Å²) in [5, 5.41) is 10.6. The maximum Gasteiger partial charge on any atom is 0.407 e. The fourth-order valence-corrected chi connectivity index (χ4v) is 4.50. The molecule has 9 heteroatoms. The third kappa shape index (κ3) is 3.67. The Hall–Kier alpha value is -3.85. The molecule has 1 fully saturated rings. The normalized spacial score (nSPS) is 18.4. The second-order valence-electron chi connectivity index (χ2n) is 8.56. The lowest BCUT2D eigenvalue weighted by Gasteiger charge is -2.40. The van der Waals surface area contributed by atoms with Gasteiger partial charge in [-0.15, -0.1) is 0 Å². The molecule has 1 aliphatic heterocycles. The zero-order chi connectivity index (χ0) is 24.0. The quantitative estimate of drug-likeness (QED) is 0.431. The molecule has 0 aliphatic carbocycles. The summed E-state index contributed by atoms with van der Waals surface area (Å²) < 4.78 is 32.9. The summed E-state index contributed by atoms with van der Waals surface area (Å²) in [5.41, 5.74) is 1.85. The number of rotatable bonds is 4. The highest BCUT2D eigenvalue weighted by Crippen LogP contribution is 2.41. The molecule has 8 nitrogen and oxygen atoms in total. The first kappa shape index (κ1) is 22.0. The average molecular weight is 465 g/mol. The van der Waals surface area contributed by atoms with Gasteiger partial charge in [-0.3, -0.25) is 4.98 Å². The average Bonchev–Trinajstić information content (AvgIpc) is 3.21. The van der Waals surface area contributed by atoms with Gasteiger partial charge in [0, 0.05) is 46.4 Å². The van der Waals surface area contributed by atoms with Crippen LogP contribution in [-0.4, -0.2) is 52.9 Å². The number of methoxy groups -OCH3 is 1. The Morgan fingerprint density at radius 1 is 1.21 bits per heavy atom. The number of hydrogen-bond donors (Lipinski definition) is 2. The van der Waals surface area contributed by atoms with Gasteiger partial charge in [-0.2, -0.15) is 0 Å². The lowest BCUT2D eigenvalue weighted by atomic mass is 9.91. The van der Waals surface area contributed by atoms with Crippen LogP contribution < -0.4 is 9.47 Å². The molecule has 0 saturated carbocycles. The van der Waals surface area contributed by atoms with E-state index in [0.29, 0.717) is 38.9 Å². The first-order valence-electron chi connectivity index (χ1n) is 10.8. The number of carboxylic acid groups (broad SMARTS) is 1. The van der Waals surface area contributed by atoms with Gasteiger partial charge in [0.05, 0.1) is 25.8 Å². The number of ether oxygens (including phenoxy) is 3. The topological polar surface area (TPSA) is 96.9 Å². The van der Waals surface area contributed by atoms with Crippen LogP contribution in [0, 0.1) is 12.7 Å². The number of hydrogen-bond acceptors (Lipinski definition) is 5. The van der Waals surface area contributed by atoms with Gasteiger partial charge in [0.1, 0.15) is 17.1 Å². The number of morpholine rings is 1. The largest absolute Gasteiger partial charge is 0.496 e. The lowest BCUT2D eigenvalue weighted by molar-refractivity contribution is -0.0959. The summed E-state index contributed by atoms with van der Waals surface area (Å²) in [7, 11) is 1.54. The molecule has 1 unspecified atom stereocenters. The maximum atomic E-state index is 15.2. The van der Waals surface area contributed by atoms with Crippen molar-refractivity contribution < 1.29 is 28.5 Å². The molecule has 1 saturated heterocycles. The van der Waals surface area contributed by atoms with Gasteiger partial charge < -0.3 is 29.2 Å². The SMILES string of the molecule is COc1cc2nccc(Oc3ccc4[nH]c(C)cc4c3F)c2cc1C1(C)CN(C(=O)O)CCO1. The fourth-order valence-electron chi connectivity index (χ4n) is 4.50. The predicted molar refractivity (Wildman–Crippen MR) is 124 cm³/mol. The van der Waals surface area contributed by atoms with Crippen molar-refractivity contribution in [3.8, 4) is 17.2 Å². The molecule has 176 valence electrons. The van der Waals surface area contributed by atoms with Crippen LogP contribution in [-0.2, 0) is 10.3 Å². The van der Waals surface area contributed by atoms with Crippen LogP contribution in [0.3, 0.4) is 0 Å². The molecule has 1 atom stereocenters. The molecule has 3 heterocycles. The molecule has 1 aliphatic rings. The van der Waals surface area contributed by atoms with Crippen molar-refractivity contribution in [3.63, 3.8) is 0 Å². The third-order valence-electron chi connectivity index (χ3n) is 6.19. The molecule has 0 bridgehead atoms. The molecule has 0 spiro atoms. The molecule has 5 rings (SSSR count). The van der Waals surface area contributed by atoms with Crippen molar-refractivity contribution in [3.05, 3.63) is 59.7 Å². The fraction of sp³-hybridized carbons (Fsp3) is 0.280. The van der Waals surface area contributed by atoms with Crippen LogP contribution >= 0.6 is 0 Å². The summed E-state index contributed by atoms with van der Waals surface area (Å²) in [6, 6.07) is 10.3. The highest BCUT2D eigenvalue weighted by molar-refractivity contribution is 5.88. The lowest BCUT2D eigenvalue weighted by Crippen LogP contribution is -2.50. The number of aryl methyl sites for hydroxylation is 1. The molecular weight excluding hydrogens is 441 g/mol. The molecular formula is C25H24FN3O5. The molecule has 2 aromatic heterocycles. The molecule has 4 aromatic rings. The summed E-state index contributed by atoms with van der Waals surface area (Å²) in [5.74, 6) is 0.560. The number of carbonyl (C=O) groups is 1. The minimum atomic E-state index is -1.01. The maximum absolute atomic E-state index is 15.2. The van der Waals surface area contributed by atoms with Crippen molar-refractivity contribution in [2.45, 2.75) is 19.4 Å². The Labute approximate surface area is 194 Å². The molecule has 2 aromatic carbocycles. The van der Waals surface area contributed by atoms with Crippen molar-refractivity contribution in [1.29, 1.82) is 0 Å². The molecule has 2 N–H and O–H groups in total. The van der Waals surface area contributed by atoms with E-state index in [1.165, 1.54) is 12.0 Å². The number of nitrogens with one attached hydrogen (secondary N) is 1. The van der Waals surface area contributed by atoms with E-state index >= 15 is 4.39 Å². The monoisotopic (exact) mass is 465 g/mol. The zero-order valence-corrected chi connectivity index (χ0v) is 19.0. The van der Waals surface area contributed by atoms with Gasteiger partial charge in [-0.1, -0.05) is 0 Å². The summed E-state index contributed by atoms with van der Waals surface area (Å²) in [6.07, 6.45) is 0.573. The van der Waals surface area contributed by atoms with E-state index in [4.69, 9.17) is 14.2 Å². The standard InChI is InChI=1S/C25H24FN3O5/c1-14-10-16-18(28-14)4-5-21(23(16)26)34-20-6-7-27-19-12-22(32-3)17(11-15(19)20)25(2)13-29(24(30)31)8-9-33-25/h4-7,10-12,28H,8-9,13H2,1-3H3,(H,30,31). The Morgan fingerprint density at radius 3 is 2.79 bits per heavy atom. The van der Waals surface area contributed by atoms with Crippen LogP contribution in [0.5, 0.6) is 17.2 Å². The summed E-state index contributed by atoms with van der Waals surface area (Å²) in [4.78, 5) is 20.4.